The second-order valence-electron chi connectivity index (χ2n) is 17.0. The van der Waals surface area contributed by atoms with E-state index in [1.54, 1.807) is 26.2 Å². The van der Waals surface area contributed by atoms with Crippen LogP contribution in [0.3, 0.4) is 0 Å². The van der Waals surface area contributed by atoms with Crippen LogP contribution in [0.4, 0.5) is 10.1 Å². The molecule has 0 unspecified atom stereocenters. The number of nitrogens with one attached hydrogen (secondary N) is 3. The van der Waals surface area contributed by atoms with E-state index in [2.05, 4.69) is 29.2 Å². The van der Waals surface area contributed by atoms with Crippen molar-refractivity contribution in [3.63, 3.8) is 0 Å². The fourth-order valence-corrected chi connectivity index (χ4v) is 10.3. The lowest BCUT2D eigenvalue weighted by Gasteiger charge is -2.30. The van der Waals surface area contributed by atoms with Gasteiger partial charge >= 0.3 is 0 Å². The molecule has 8 rings (SSSR count). The molecule has 1 saturated heterocycles. The second kappa shape index (κ2) is 16.4. The van der Waals surface area contributed by atoms with Gasteiger partial charge in [-0.25, -0.2) is 22.8 Å². The first-order valence-corrected chi connectivity index (χ1v) is 23.0. The Morgan fingerprint density at radius 1 is 1.08 bits per heavy atom. The van der Waals surface area contributed by atoms with Gasteiger partial charge in [0, 0.05) is 28.8 Å². The fourth-order valence-electron chi connectivity index (χ4n) is 8.08. The summed E-state index contributed by atoms with van der Waals surface area (Å²) in [6.07, 6.45) is 7.70. The number of hydrogen-bond donors (Lipinski definition) is 3. The number of allylic oxidation sites excluding steroid dienone is 1. The standard InChI is InChI=1S/C44H51FN6O7S2/c1-26(2)36-25-59-40(48-36)35-20-27-19-31(57-4)15-16-33(27)39(47-35)58-32-22-37-38(52)49-44(42(54)50-60(55,56)43(3)17-18-43)23-28(44)11-8-6-5-7-9-14-34(41(53)51(37)24-32)46-30-13-10-12-29(45)21-30/h8,10-13,15-16,19-21,25-26,28,32,34,37,46H,5-7,9,14,17-18,22-24H2,1-4H3,(H,49,52)(H,50,54)/b11-8-/t28-,32-,34+,37+,44-/m1/s1. The van der Waals surface area contributed by atoms with Gasteiger partial charge in [0.1, 0.15) is 46.0 Å². The van der Waals surface area contributed by atoms with E-state index in [1.807, 2.05) is 41.8 Å². The summed E-state index contributed by atoms with van der Waals surface area (Å²) in [6.45, 7) is 5.75. The quantitative estimate of drug-likeness (QED) is 0.144. The van der Waals surface area contributed by atoms with Crippen molar-refractivity contribution in [1.29, 1.82) is 0 Å². The van der Waals surface area contributed by atoms with Crippen molar-refractivity contribution < 1.29 is 36.7 Å². The lowest BCUT2D eigenvalue weighted by atomic mass is 10.0. The van der Waals surface area contributed by atoms with Crippen LogP contribution in [0, 0.1) is 11.7 Å². The molecule has 3 N–H and O–H groups in total. The molecule has 3 amide bonds. The molecule has 0 spiro atoms. The molecule has 3 fully saturated rings. The van der Waals surface area contributed by atoms with Crippen LogP contribution in [0.15, 0.2) is 66.1 Å². The summed E-state index contributed by atoms with van der Waals surface area (Å²) >= 11 is 1.48. The van der Waals surface area contributed by atoms with E-state index in [0.29, 0.717) is 65.5 Å². The lowest BCUT2D eigenvalue weighted by molar-refractivity contribution is -0.140. The minimum absolute atomic E-state index is 0.00577. The highest BCUT2D eigenvalue weighted by Gasteiger charge is 2.63. The largest absolute Gasteiger partial charge is 0.497 e. The average Bonchev–Trinajstić information content (AvgIpc) is 3.99. The number of rotatable bonds is 10. The van der Waals surface area contributed by atoms with Crippen molar-refractivity contribution in [2.45, 2.75) is 113 Å². The number of halogens is 1. The summed E-state index contributed by atoms with van der Waals surface area (Å²) < 4.78 is 54.4. The van der Waals surface area contributed by atoms with Gasteiger partial charge in [-0.3, -0.25) is 19.1 Å². The van der Waals surface area contributed by atoms with E-state index in [0.717, 1.165) is 23.9 Å². The number of hydrogen-bond acceptors (Lipinski definition) is 11. The second-order valence-corrected chi connectivity index (χ2v) is 20.1. The number of pyridine rings is 1. The number of carbonyl (C=O) groups excluding carboxylic acids is 3. The summed E-state index contributed by atoms with van der Waals surface area (Å²) in [5, 5.41) is 10.4. The Hall–Kier alpha value is -5.09. The molecule has 0 bridgehead atoms. The number of carbonyl (C=O) groups is 3. The molecule has 4 aliphatic rings. The van der Waals surface area contributed by atoms with Crippen LogP contribution in [0.1, 0.15) is 90.2 Å². The maximum atomic E-state index is 14.8. The number of ether oxygens (including phenoxy) is 2. The highest BCUT2D eigenvalue weighted by molar-refractivity contribution is 7.91. The molecule has 318 valence electrons. The Bertz CT molecular complexity index is 2450. The third-order valence-corrected chi connectivity index (χ3v) is 15.3. The zero-order valence-electron chi connectivity index (χ0n) is 34.2. The highest BCUT2D eigenvalue weighted by atomic mass is 32.2. The predicted octanol–water partition coefficient (Wildman–Crippen LogP) is 6.85. The Morgan fingerprint density at radius 3 is 2.63 bits per heavy atom. The number of aromatic nitrogens is 2. The van der Waals surface area contributed by atoms with Crippen LogP contribution in [0.5, 0.6) is 11.6 Å². The van der Waals surface area contributed by atoms with Crippen molar-refractivity contribution in [1.82, 2.24) is 24.9 Å². The molecular weight excluding hydrogens is 808 g/mol. The van der Waals surface area contributed by atoms with Crippen LogP contribution >= 0.6 is 11.3 Å². The van der Waals surface area contributed by atoms with Crippen molar-refractivity contribution in [3.05, 3.63) is 77.6 Å². The topological polar surface area (TPSA) is 169 Å². The van der Waals surface area contributed by atoms with E-state index in [-0.39, 0.29) is 31.2 Å². The van der Waals surface area contributed by atoms with Crippen LogP contribution < -0.4 is 24.8 Å². The van der Waals surface area contributed by atoms with Crippen molar-refractivity contribution in [2.24, 2.45) is 5.92 Å². The minimum Gasteiger partial charge on any atom is -0.497 e. The molecule has 16 heteroatoms. The molecule has 5 atom stereocenters. The van der Waals surface area contributed by atoms with E-state index in [4.69, 9.17) is 19.4 Å². The Balaban J connectivity index is 1.14. The minimum atomic E-state index is -4.00. The zero-order valence-corrected chi connectivity index (χ0v) is 35.8. The average molecular weight is 859 g/mol. The normalized spacial score (nSPS) is 25.9. The molecule has 2 aromatic carbocycles. The predicted molar refractivity (Wildman–Crippen MR) is 228 cm³/mol. The molecule has 2 aromatic heterocycles. The third-order valence-electron chi connectivity index (χ3n) is 12.3. The van der Waals surface area contributed by atoms with Gasteiger partial charge in [0.25, 0.3) is 5.91 Å². The first-order chi connectivity index (χ1) is 28.7. The SMILES string of the molecule is COc1ccc2c(O[C@@H]3C[C@H]4C(=O)N[C@]5(C(=O)NS(=O)(=O)C6(C)CC6)C[C@H]5/C=C\CCCCC[C@H](Nc5cccc(F)c5)C(=O)N4C3)nc(-c3nc(C(C)C)cs3)cc2c1. The number of benzene rings is 2. The first-order valence-electron chi connectivity index (χ1n) is 20.7. The molecule has 2 saturated carbocycles. The van der Waals surface area contributed by atoms with Gasteiger partial charge in [-0.15, -0.1) is 11.3 Å². The Labute approximate surface area is 353 Å². The Morgan fingerprint density at radius 2 is 1.90 bits per heavy atom. The molecule has 13 nitrogen and oxygen atoms in total. The molecule has 4 aromatic rings. The monoisotopic (exact) mass is 858 g/mol. The molecular formula is C44H51FN6O7S2. The highest BCUT2D eigenvalue weighted by Crippen LogP contribution is 2.48. The van der Waals surface area contributed by atoms with Gasteiger partial charge < -0.3 is 25.0 Å². The Kier molecular flexibility index (Phi) is 11.4. The zero-order chi connectivity index (χ0) is 42.4. The fraction of sp³-hybridized carbons (Fsp3) is 0.477. The van der Waals surface area contributed by atoms with Crippen molar-refractivity contribution in [3.8, 4) is 22.3 Å². The van der Waals surface area contributed by atoms with Crippen LogP contribution in [-0.4, -0.2) is 83.1 Å². The number of amides is 3. The number of nitrogens with zero attached hydrogens (tertiary/aromatic N) is 3. The van der Waals surface area contributed by atoms with Crippen LogP contribution in [0.2, 0.25) is 0 Å². The summed E-state index contributed by atoms with van der Waals surface area (Å²) in [7, 11) is -2.41. The smallest absolute Gasteiger partial charge is 0.259 e. The summed E-state index contributed by atoms with van der Waals surface area (Å²) in [4.78, 5) is 54.7. The van der Waals surface area contributed by atoms with E-state index in [9.17, 15) is 27.2 Å². The molecule has 2 aliphatic carbocycles. The maximum absolute atomic E-state index is 14.8. The number of anilines is 1. The number of fused-ring (bicyclic) bond motifs is 3. The number of thiazole rings is 1. The number of sulfonamides is 1. The van der Waals surface area contributed by atoms with Crippen LogP contribution in [0.25, 0.3) is 21.5 Å². The van der Waals surface area contributed by atoms with Crippen LogP contribution in [-0.2, 0) is 24.4 Å². The van der Waals surface area contributed by atoms with Crippen molar-refractivity contribution in [2.75, 3.05) is 19.0 Å². The van der Waals surface area contributed by atoms with Gasteiger partial charge in [0.15, 0.2) is 0 Å². The summed E-state index contributed by atoms with van der Waals surface area (Å²) in [6, 6.07) is 11.5. The number of methoxy groups -OCH3 is 1. The first kappa shape index (κ1) is 41.6. The van der Waals surface area contributed by atoms with E-state index >= 15 is 0 Å². The van der Waals surface area contributed by atoms with Crippen molar-refractivity contribution >= 4 is 55.5 Å². The van der Waals surface area contributed by atoms with Gasteiger partial charge in [0.05, 0.1) is 24.1 Å². The summed E-state index contributed by atoms with van der Waals surface area (Å²) in [5.74, 6) is -1.51. The van der Waals surface area contributed by atoms with Gasteiger partial charge in [-0.2, -0.15) is 0 Å². The van der Waals surface area contributed by atoms with Gasteiger partial charge in [-0.1, -0.05) is 44.9 Å². The van der Waals surface area contributed by atoms with E-state index in [1.165, 1.54) is 28.4 Å². The lowest BCUT2D eigenvalue weighted by Crippen LogP contribution is -2.58. The maximum Gasteiger partial charge on any atom is 0.259 e. The summed E-state index contributed by atoms with van der Waals surface area (Å²) in [5.41, 5.74) is 0.442. The van der Waals surface area contributed by atoms with Gasteiger partial charge in [-0.05, 0) is 99.2 Å². The molecule has 0 radical (unpaired) electrons. The van der Waals surface area contributed by atoms with E-state index < -0.39 is 62.0 Å². The molecule has 60 heavy (non-hydrogen) atoms. The van der Waals surface area contributed by atoms with Gasteiger partial charge in [0.2, 0.25) is 27.7 Å². The molecule has 4 heterocycles. The third kappa shape index (κ3) is 8.45. The molecule has 2 aliphatic heterocycles.